The van der Waals surface area contributed by atoms with Gasteiger partial charge in [-0.25, -0.2) is 0 Å². The molecule has 2 aromatic carbocycles. The number of piperazine rings is 1. The predicted octanol–water partition coefficient (Wildman–Crippen LogP) is 4.29. The van der Waals surface area contributed by atoms with Crippen LogP contribution >= 0.6 is 11.6 Å². The maximum absolute atomic E-state index is 12.7. The molecular formula is C23H25ClN4O2. The van der Waals surface area contributed by atoms with Crippen molar-refractivity contribution in [1.29, 1.82) is 0 Å². The summed E-state index contributed by atoms with van der Waals surface area (Å²) >= 11 is 6.15. The van der Waals surface area contributed by atoms with Gasteiger partial charge < -0.3 is 14.3 Å². The fraction of sp³-hybridized carbons (Fsp3) is 0.348. The number of benzene rings is 2. The van der Waals surface area contributed by atoms with E-state index in [2.05, 4.69) is 22.0 Å². The second-order valence-corrected chi connectivity index (χ2v) is 8.12. The Morgan fingerprint density at radius 2 is 1.90 bits per heavy atom. The SMILES string of the molecule is Cc1cccc(-c2noc(CCC(=O)N3CCN(c4cc(Cl)ccc4C)CC3)n2)c1. The topological polar surface area (TPSA) is 62.5 Å². The lowest BCUT2D eigenvalue weighted by atomic mass is 10.1. The second-order valence-electron chi connectivity index (χ2n) is 7.68. The van der Waals surface area contributed by atoms with Gasteiger partial charge in [-0.2, -0.15) is 4.98 Å². The second kappa shape index (κ2) is 8.88. The number of hydrogen-bond donors (Lipinski definition) is 0. The van der Waals surface area contributed by atoms with Gasteiger partial charge in [0, 0.05) is 55.3 Å². The van der Waals surface area contributed by atoms with Crippen LogP contribution in [0.3, 0.4) is 0 Å². The smallest absolute Gasteiger partial charge is 0.227 e. The van der Waals surface area contributed by atoms with Gasteiger partial charge in [0.15, 0.2) is 0 Å². The monoisotopic (exact) mass is 424 g/mol. The van der Waals surface area contributed by atoms with Crippen molar-refractivity contribution in [2.75, 3.05) is 31.1 Å². The quantitative estimate of drug-likeness (QED) is 0.611. The summed E-state index contributed by atoms with van der Waals surface area (Å²) in [5.74, 6) is 1.17. The standard InChI is InChI=1S/C23H25ClN4O2/c1-16-4-3-5-18(14-16)23-25-21(30-26-23)8-9-22(29)28-12-10-27(11-13-28)20-15-19(24)7-6-17(20)2/h3-7,14-15H,8-13H2,1-2H3. The predicted molar refractivity (Wildman–Crippen MR) is 118 cm³/mol. The molecule has 30 heavy (non-hydrogen) atoms. The van der Waals surface area contributed by atoms with Crippen molar-refractivity contribution >= 4 is 23.2 Å². The Morgan fingerprint density at radius 1 is 1.10 bits per heavy atom. The van der Waals surface area contributed by atoms with E-state index in [4.69, 9.17) is 16.1 Å². The molecule has 1 fully saturated rings. The number of rotatable bonds is 5. The summed E-state index contributed by atoms with van der Waals surface area (Å²) in [6, 6.07) is 13.9. The Labute approximate surface area is 181 Å². The van der Waals surface area contributed by atoms with E-state index in [1.165, 1.54) is 5.56 Å². The molecule has 0 spiro atoms. The van der Waals surface area contributed by atoms with Gasteiger partial charge in [0.05, 0.1) is 0 Å². The van der Waals surface area contributed by atoms with Crippen LogP contribution in [-0.4, -0.2) is 47.1 Å². The van der Waals surface area contributed by atoms with E-state index in [0.717, 1.165) is 34.9 Å². The molecule has 6 nitrogen and oxygen atoms in total. The number of amides is 1. The highest BCUT2D eigenvalue weighted by Gasteiger charge is 2.22. The van der Waals surface area contributed by atoms with E-state index in [9.17, 15) is 4.79 Å². The van der Waals surface area contributed by atoms with Gasteiger partial charge in [0.1, 0.15) is 0 Å². The molecule has 0 aliphatic carbocycles. The Kier molecular flexibility index (Phi) is 6.04. The van der Waals surface area contributed by atoms with E-state index in [-0.39, 0.29) is 5.91 Å². The molecule has 1 aromatic heterocycles. The first-order valence-corrected chi connectivity index (χ1v) is 10.6. The van der Waals surface area contributed by atoms with Gasteiger partial charge in [0.2, 0.25) is 17.6 Å². The number of anilines is 1. The minimum atomic E-state index is 0.118. The molecule has 0 unspecified atom stereocenters. The molecule has 0 atom stereocenters. The largest absolute Gasteiger partial charge is 0.368 e. The zero-order valence-corrected chi connectivity index (χ0v) is 18.0. The molecule has 0 N–H and O–H groups in total. The van der Waals surface area contributed by atoms with Crippen LogP contribution in [0.15, 0.2) is 47.0 Å². The number of carbonyl (C=O) groups is 1. The molecule has 4 rings (SSSR count). The van der Waals surface area contributed by atoms with Crippen molar-refractivity contribution in [3.8, 4) is 11.4 Å². The highest BCUT2D eigenvalue weighted by Crippen LogP contribution is 2.25. The zero-order chi connectivity index (χ0) is 21.1. The number of halogens is 1. The zero-order valence-electron chi connectivity index (χ0n) is 17.3. The van der Waals surface area contributed by atoms with Gasteiger partial charge >= 0.3 is 0 Å². The number of aromatic nitrogens is 2. The molecule has 0 saturated carbocycles. The van der Waals surface area contributed by atoms with Crippen LogP contribution in [0, 0.1) is 13.8 Å². The average molecular weight is 425 g/mol. The van der Waals surface area contributed by atoms with E-state index < -0.39 is 0 Å². The number of aryl methyl sites for hydroxylation is 3. The highest BCUT2D eigenvalue weighted by atomic mass is 35.5. The summed E-state index contributed by atoms with van der Waals surface area (Å²) in [5.41, 5.74) is 4.40. The summed E-state index contributed by atoms with van der Waals surface area (Å²) in [6.07, 6.45) is 0.816. The highest BCUT2D eigenvalue weighted by molar-refractivity contribution is 6.30. The first kappa shape index (κ1) is 20.4. The Morgan fingerprint density at radius 3 is 2.67 bits per heavy atom. The summed E-state index contributed by atoms with van der Waals surface area (Å²) < 4.78 is 5.34. The molecule has 0 bridgehead atoms. The van der Waals surface area contributed by atoms with Gasteiger partial charge in [-0.3, -0.25) is 4.79 Å². The third-order valence-corrected chi connectivity index (χ3v) is 5.68. The normalized spacial score (nSPS) is 14.2. The maximum Gasteiger partial charge on any atom is 0.227 e. The molecular weight excluding hydrogens is 400 g/mol. The fourth-order valence-corrected chi connectivity index (χ4v) is 3.92. The lowest BCUT2D eigenvalue weighted by molar-refractivity contribution is -0.131. The van der Waals surface area contributed by atoms with Crippen molar-refractivity contribution in [3.63, 3.8) is 0 Å². The number of hydrogen-bond acceptors (Lipinski definition) is 5. The van der Waals surface area contributed by atoms with Crippen LogP contribution in [0.5, 0.6) is 0 Å². The van der Waals surface area contributed by atoms with Gasteiger partial charge in [-0.1, -0.05) is 46.6 Å². The van der Waals surface area contributed by atoms with Crippen molar-refractivity contribution in [1.82, 2.24) is 15.0 Å². The minimum absolute atomic E-state index is 0.118. The maximum atomic E-state index is 12.7. The van der Waals surface area contributed by atoms with E-state index in [1.807, 2.05) is 54.3 Å². The Balaban J connectivity index is 1.30. The summed E-state index contributed by atoms with van der Waals surface area (Å²) in [6.45, 7) is 7.09. The van der Waals surface area contributed by atoms with Crippen LogP contribution in [-0.2, 0) is 11.2 Å². The third kappa shape index (κ3) is 4.65. The van der Waals surface area contributed by atoms with Gasteiger partial charge in [0.25, 0.3) is 0 Å². The minimum Gasteiger partial charge on any atom is -0.368 e. The van der Waals surface area contributed by atoms with Crippen LogP contribution in [0.1, 0.15) is 23.4 Å². The third-order valence-electron chi connectivity index (χ3n) is 5.44. The van der Waals surface area contributed by atoms with Crippen LogP contribution in [0.25, 0.3) is 11.4 Å². The lowest BCUT2D eigenvalue weighted by Crippen LogP contribution is -2.49. The molecule has 1 amide bonds. The average Bonchev–Trinajstić information content (AvgIpc) is 3.23. The lowest BCUT2D eigenvalue weighted by Gasteiger charge is -2.37. The van der Waals surface area contributed by atoms with Crippen molar-refractivity contribution in [2.45, 2.75) is 26.7 Å². The summed E-state index contributed by atoms with van der Waals surface area (Å²) in [7, 11) is 0. The fourth-order valence-electron chi connectivity index (χ4n) is 3.75. The molecule has 1 saturated heterocycles. The van der Waals surface area contributed by atoms with Gasteiger partial charge in [-0.15, -0.1) is 0 Å². The van der Waals surface area contributed by atoms with Gasteiger partial charge in [-0.05, 0) is 37.6 Å². The van der Waals surface area contributed by atoms with Crippen LogP contribution in [0.4, 0.5) is 5.69 Å². The Hall–Kier alpha value is -2.86. The summed E-state index contributed by atoms with van der Waals surface area (Å²) in [5, 5.41) is 4.78. The van der Waals surface area contributed by atoms with Crippen LogP contribution < -0.4 is 4.90 Å². The van der Waals surface area contributed by atoms with Crippen LogP contribution in [0.2, 0.25) is 5.02 Å². The van der Waals surface area contributed by atoms with Crippen molar-refractivity contribution in [2.24, 2.45) is 0 Å². The molecule has 2 heterocycles. The molecule has 3 aromatic rings. The van der Waals surface area contributed by atoms with Crippen molar-refractivity contribution < 1.29 is 9.32 Å². The van der Waals surface area contributed by atoms with E-state index in [1.54, 1.807) is 0 Å². The van der Waals surface area contributed by atoms with E-state index >= 15 is 0 Å². The molecule has 0 radical (unpaired) electrons. The molecule has 1 aliphatic heterocycles. The Bertz CT molecular complexity index is 1040. The molecule has 156 valence electrons. The number of nitrogens with zero attached hydrogens (tertiary/aromatic N) is 4. The first-order chi connectivity index (χ1) is 14.5. The molecule has 1 aliphatic rings. The molecule has 7 heteroatoms. The summed E-state index contributed by atoms with van der Waals surface area (Å²) in [4.78, 5) is 21.3. The van der Waals surface area contributed by atoms with E-state index in [0.29, 0.717) is 37.6 Å². The first-order valence-electron chi connectivity index (χ1n) is 10.2. The van der Waals surface area contributed by atoms with Crippen molar-refractivity contribution in [3.05, 3.63) is 64.5 Å². The number of carbonyl (C=O) groups excluding carboxylic acids is 1.